The molecule has 0 saturated carbocycles. The molecule has 0 spiro atoms. The monoisotopic (exact) mass is 283 g/mol. The Bertz CT molecular complexity index is 511. The average molecular weight is 283 g/mol. The van der Waals surface area contributed by atoms with Crippen molar-refractivity contribution >= 4 is 17.4 Å². The summed E-state index contributed by atoms with van der Waals surface area (Å²) in [5.41, 5.74) is 0.258. The van der Waals surface area contributed by atoms with Crippen LogP contribution in [0.4, 0.5) is 11.5 Å². The van der Waals surface area contributed by atoms with Crippen LogP contribution in [-0.2, 0) is 11.3 Å². The molecule has 20 heavy (non-hydrogen) atoms. The van der Waals surface area contributed by atoms with Crippen LogP contribution in [0.15, 0.2) is 0 Å². The van der Waals surface area contributed by atoms with Gasteiger partial charge in [0, 0.05) is 20.1 Å². The quantitative estimate of drug-likeness (QED) is 0.629. The number of rotatable bonds is 6. The molecule has 1 heterocycles. The summed E-state index contributed by atoms with van der Waals surface area (Å²) in [4.78, 5) is 24.2. The van der Waals surface area contributed by atoms with Gasteiger partial charge in [-0.2, -0.15) is 5.10 Å². The highest BCUT2D eigenvalue weighted by Crippen LogP contribution is 2.28. The number of nitro groups is 1. The molecule has 112 valence electrons. The zero-order chi connectivity index (χ0) is 15.4. The van der Waals surface area contributed by atoms with Gasteiger partial charge < -0.3 is 10.2 Å². The van der Waals surface area contributed by atoms with Gasteiger partial charge in [0.2, 0.25) is 11.7 Å². The number of likely N-dealkylation sites (N-methyl/N-ethyl adjacent to an activating group) is 1. The molecule has 1 aromatic heterocycles. The van der Waals surface area contributed by atoms with E-state index in [0.29, 0.717) is 18.8 Å². The Morgan fingerprint density at radius 2 is 2.15 bits per heavy atom. The fourth-order valence-corrected chi connectivity index (χ4v) is 1.92. The molecule has 1 rings (SSSR count). The Kier molecular flexibility index (Phi) is 5.06. The summed E-state index contributed by atoms with van der Waals surface area (Å²) in [6.07, 6.45) is 0. The summed E-state index contributed by atoms with van der Waals surface area (Å²) in [6.45, 7) is 8.04. The lowest BCUT2D eigenvalue weighted by atomic mass is 10.2. The standard InChI is InChI=1S/C12H21N5O3/c1-6-15(5)12(18)9(4)13-11-10(17(19)20)8(3)14-16(11)7-2/h9,13H,6-7H2,1-5H3. The maximum absolute atomic E-state index is 12.0. The van der Waals surface area contributed by atoms with E-state index in [2.05, 4.69) is 10.4 Å². The number of nitrogens with one attached hydrogen (secondary N) is 1. The van der Waals surface area contributed by atoms with Gasteiger partial charge in [-0.3, -0.25) is 14.9 Å². The average Bonchev–Trinajstić information content (AvgIpc) is 2.72. The van der Waals surface area contributed by atoms with E-state index >= 15 is 0 Å². The second-order valence-electron chi connectivity index (χ2n) is 4.57. The predicted octanol–water partition coefficient (Wildman–Crippen LogP) is 1.40. The van der Waals surface area contributed by atoms with Gasteiger partial charge in [0.1, 0.15) is 11.7 Å². The van der Waals surface area contributed by atoms with Gasteiger partial charge in [-0.1, -0.05) is 0 Å². The lowest BCUT2D eigenvalue weighted by Crippen LogP contribution is -2.39. The minimum absolute atomic E-state index is 0.0781. The van der Waals surface area contributed by atoms with Crippen molar-refractivity contribution in [3.05, 3.63) is 15.8 Å². The van der Waals surface area contributed by atoms with Gasteiger partial charge in [-0.05, 0) is 27.7 Å². The largest absolute Gasteiger partial charge is 0.353 e. The first kappa shape index (κ1) is 15.9. The molecular weight excluding hydrogens is 262 g/mol. The van der Waals surface area contributed by atoms with Crippen LogP contribution < -0.4 is 5.32 Å². The van der Waals surface area contributed by atoms with Crippen LogP contribution in [0.5, 0.6) is 0 Å². The number of nitrogens with zero attached hydrogens (tertiary/aromatic N) is 4. The molecule has 0 aromatic carbocycles. The van der Waals surface area contributed by atoms with Crippen molar-refractivity contribution in [1.82, 2.24) is 14.7 Å². The van der Waals surface area contributed by atoms with Crippen LogP contribution in [0, 0.1) is 17.0 Å². The van der Waals surface area contributed by atoms with Crippen molar-refractivity contribution < 1.29 is 9.72 Å². The number of hydrogen-bond acceptors (Lipinski definition) is 5. The molecule has 0 fully saturated rings. The molecule has 1 aromatic rings. The van der Waals surface area contributed by atoms with E-state index in [9.17, 15) is 14.9 Å². The SMILES string of the molecule is CCN(C)C(=O)C(C)Nc1c([N+](=O)[O-])c(C)nn1CC. The molecule has 1 N–H and O–H groups in total. The summed E-state index contributed by atoms with van der Waals surface area (Å²) >= 11 is 0. The van der Waals surface area contributed by atoms with E-state index in [1.165, 1.54) is 4.68 Å². The van der Waals surface area contributed by atoms with Gasteiger partial charge in [0.25, 0.3) is 0 Å². The fraction of sp³-hybridized carbons (Fsp3) is 0.667. The smallest absolute Gasteiger partial charge is 0.333 e. The van der Waals surface area contributed by atoms with Gasteiger partial charge in [0.05, 0.1) is 4.92 Å². The fourth-order valence-electron chi connectivity index (χ4n) is 1.92. The molecule has 0 saturated heterocycles. The number of hydrogen-bond donors (Lipinski definition) is 1. The summed E-state index contributed by atoms with van der Waals surface area (Å²) in [7, 11) is 1.69. The Morgan fingerprint density at radius 3 is 2.60 bits per heavy atom. The van der Waals surface area contributed by atoms with Crippen LogP contribution in [0.1, 0.15) is 26.5 Å². The molecule has 0 aliphatic heterocycles. The topological polar surface area (TPSA) is 93.3 Å². The van der Waals surface area contributed by atoms with Crippen molar-refractivity contribution in [3.8, 4) is 0 Å². The second kappa shape index (κ2) is 6.36. The molecule has 0 bridgehead atoms. The molecule has 8 nitrogen and oxygen atoms in total. The number of carbonyl (C=O) groups excluding carboxylic acids is 1. The highest BCUT2D eigenvalue weighted by Gasteiger charge is 2.28. The summed E-state index contributed by atoms with van der Waals surface area (Å²) in [6, 6.07) is -0.556. The van der Waals surface area contributed by atoms with Gasteiger partial charge in [0.15, 0.2) is 0 Å². The predicted molar refractivity (Wildman–Crippen MR) is 75.7 cm³/mol. The number of aromatic nitrogens is 2. The van der Waals surface area contributed by atoms with E-state index in [1.807, 2.05) is 13.8 Å². The van der Waals surface area contributed by atoms with E-state index in [4.69, 9.17) is 0 Å². The Morgan fingerprint density at radius 1 is 1.55 bits per heavy atom. The minimum atomic E-state index is -0.556. The van der Waals surface area contributed by atoms with E-state index in [0.717, 1.165) is 0 Å². The maximum atomic E-state index is 12.0. The summed E-state index contributed by atoms with van der Waals surface area (Å²) < 4.78 is 1.50. The van der Waals surface area contributed by atoms with E-state index < -0.39 is 11.0 Å². The van der Waals surface area contributed by atoms with Crippen molar-refractivity contribution in [2.24, 2.45) is 0 Å². The highest BCUT2D eigenvalue weighted by molar-refractivity contribution is 5.84. The summed E-state index contributed by atoms with van der Waals surface area (Å²) in [5.74, 6) is 0.156. The molecular formula is C12H21N5O3. The molecule has 0 radical (unpaired) electrons. The zero-order valence-electron chi connectivity index (χ0n) is 12.5. The van der Waals surface area contributed by atoms with Crippen molar-refractivity contribution in [3.63, 3.8) is 0 Å². The first-order chi connectivity index (χ1) is 9.33. The minimum Gasteiger partial charge on any atom is -0.353 e. The van der Waals surface area contributed by atoms with Gasteiger partial charge >= 0.3 is 5.69 Å². The normalized spacial score (nSPS) is 12.1. The van der Waals surface area contributed by atoms with Crippen LogP contribution in [0.3, 0.4) is 0 Å². The number of carbonyl (C=O) groups is 1. The first-order valence-electron chi connectivity index (χ1n) is 6.56. The highest BCUT2D eigenvalue weighted by atomic mass is 16.6. The van der Waals surface area contributed by atoms with Gasteiger partial charge in [-0.15, -0.1) is 0 Å². The summed E-state index contributed by atoms with van der Waals surface area (Å²) in [5, 5.41) is 18.2. The number of anilines is 1. The molecule has 1 unspecified atom stereocenters. The molecule has 0 aliphatic rings. The third-order valence-electron chi connectivity index (χ3n) is 3.15. The Balaban J connectivity index is 3.08. The Labute approximate surface area is 117 Å². The van der Waals surface area contributed by atoms with Gasteiger partial charge in [-0.25, -0.2) is 4.68 Å². The third-order valence-corrected chi connectivity index (χ3v) is 3.15. The molecule has 0 aliphatic carbocycles. The first-order valence-corrected chi connectivity index (χ1v) is 6.56. The lowest BCUT2D eigenvalue weighted by molar-refractivity contribution is -0.384. The van der Waals surface area contributed by atoms with Crippen molar-refractivity contribution in [1.29, 1.82) is 0 Å². The van der Waals surface area contributed by atoms with Crippen molar-refractivity contribution in [2.45, 2.75) is 40.3 Å². The van der Waals surface area contributed by atoms with Crippen LogP contribution >= 0.6 is 0 Å². The third kappa shape index (κ3) is 3.06. The van der Waals surface area contributed by atoms with E-state index in [-0.39, 0.29) is 17.4 Å². The van der Waals surface area contributed by atoms with Crippen LogP contribution in [-0.4, -0.2) is 45.1 Å². The Hall–Kier alpha value is -2.12. The zero-order valence-corrected chi connectivity index (χ0v) is 12.5. The number of aryl methyl sites for hydroxylation is 2. The van der Waals surface area contributed by atoms with Crippen molar-refractivity contribution in [2.75, 3.05) is 18.9 Å². The second-order valence-corrected chi connectivity index (χ2v) is 4.57. The molecule has 1 atom stereocenters. The maximum Gasteiger partial charge on any atom is 0.333 e. The molecule has 8 heteroatoms. The van der Waals surface area contributed by atoms with Crippen LogP contribution in [0.2, 0.25) is 0 Å². The van der Waals surface area contributed by atoms with Crippen LogP contribution in [0.25, 0.3) is 0 Å². The molecule has 1 amide bonds. The lowest BCUT2D eigenvalue weighted by Gasteiger charge is -2.21. The number of amides is 1. The van der Waals surface area contributed by atoms with E-state index in [1.54, 1.807) is 25.8 Å².